The Morgan fingerprint density at radius 1 is 1.26 bits per heavy atom. The number of pyridine rings is 1. The molecule has 0 aliphatic heterocycles. The van der Waals surface area contributed by atoms with Gasteiger partial charge in [0.15, 0.2) is 5.82 Å². The molecule has 3 heterocycles. The maximum absolute atomic E-state index is 12.3. The molecule has 182 valence electrons. The van der Waals surface area contributed by atoms with Crippen LogP contribution in [0.4, 0.5) is 0 Å². The highest BCUT2D eigenvalue weighted by atomic mass is 16.5. The Kier molecular flexibility index (Phi) is 6.06. The quantitative estimate of drug-likeness (QED) is 0.205. The van der Waals surface area contributed by atoms with Crippen LogP contribution in [0, 0.1) is 0 Å². The summed E-state index contributed by atoms with van der Waals surface area (Å²) in [6, 6.07) is 9.90. The van der Waals surface area contributed by atoms with Crippen molar-refractivity contribution >= 4 is 28.0 Å². The summed E-state index contributed by atoms with van der Waals surface area (Å²) in [7, 11) is 2.99. The number of hydrogen-bond donors (Lipinski definition) is 1. The number of methoxy groups -OCH3 is 2. The fraction of sp³-hybridized carbons (Fsp3) is 0.370. The molecular formula is C27H31N5O3. The maximum atomic E-state index is 12.3. The number of nitrogens with two attached hydrogens (primary N) is 1. The number of carbonyl (C=O) groups excluding carboxylic acids is 1. The SMILES string of the molecule is C=CCCCn1c(-c2nc3cc(C(=O)OC)cc(OC)c3n2C2CC2)cc2ccc(C(C)N)nc21. The minimum atomic E-state index is -0.418. The van der Waals surface area contributed by atoms with Crippen molar-refractivity contribution in [3.8, 4) is 17.3 Å². The molecule has 1 aromatic carbocycles. The molecule has 0 bridgehead atoms. The van der Waals surface area contributed by atoms with Gasteiger partial charge in [0, 0.05) is 24.0 Å². The number of fused-ring (bicyclic) bond motifs is 2. The molecule has 8 heteroatoms. The lowest BCUT2D eigenvalue weighted by molar-refractivity contribution is 0.0600. The van der Waals surface area contributed by atoms with E-state index in [2.05, 4.69) is 27.8 Å². The zero-order valence-corrected chi connectivity index (χ0v) is 20.5. The predicted molar refractivity (Wildman–Crippen MR) is 137 cm³/mol. The first-order valence-corrected chi connectivity index (χ1v) is 12.0. The first-order chi connectivity index (χ1) is 17.0. The second-order valence-electron chi connectivity index (χ2n) is 9.12. The van der Waals surface area contributed by atoms with Crippen molar-refractivity contribution in [2.24, 2.45) is 5.73 Å². The Labute approximate surface area is 204 Å². The van der Waals surface area contributed by atoms with Crippen molar-refractivity contribution in [1.82, 2.24) is 19.1 Å². The number of esters is 1. The van der Waals surface area contributed by atoms with Crippen LogP contribution in [0.2, 0.25) is 0 Å². The second-order valence-corrected chi connectivity index (χ2v) is 9.12. The molecule has 1 saturated carbocycles. The molecule has 1 unspecified atom stereocenters. The summed E-state index contributed by atoms with van der Waals surface area (Å²) in [4.78, 5) is 22.3. The minimum absolute atomic E-state index is 0.156. The molecule has 4 aromatic rings. The number of hydrogen-bond acceptors (Lipinski definition) is 6. The number of ether oxygens (including phenoxy) is 2. The molecule has 0 saturated heterocycles. The van der Waals surface area contributed by atoms with Crippen molar-refractivity contribution in [2.75, 3.05) is 14.2 Å². The van der Waals surface area contributed by atoms with Crippen LogP contribution in [-0.4, -0.2) is 39.3 Å². The van der Waals surface area contributed by atoms with Gasteiger partial charge in [-0.05, 0) is 62.9 Å². The fourth-order valence-electron chi connectivity index (χ4n) is 4.66. The van der Waals surface area contributed by atoms with Gasteiger partial charge >= 0.3 is 5.97 Å². The van der Waals surface area contributed by atoms with E-state index in [0.29, 0.717) is 22.9 Å². The third-order valence-corrected chi connectivity index (χ3v) is 6.55. The summed E-state index contributed by atoms with van der Waals surface area (Å²) in [5.41, 5.74) is 10.9. The number of unbranched alkanes of at least 4 members (excludes halogenated alkanes) is 1. The number of aromatic nitrogens is 4. The molecule has 0 amide bonds. The zero-order valence-electron chi connectivity index (χ0n) is 20.5. The van der Waals surface area contributed by atoms with Crippen LogP contribution in [0.1, 0.15) is 60.7 Å². The molecule has 0 radical (unpaired) electrons. The standard InChI is InChI=1S/C27H31N5O3/c1-5-6-7-12-31-22(14-17-8-11-20(16(2)28)29-25(17)31)26-30-21-13-18(27(33)35-4)15-23(34-3)24(21)32(26)19-9-10-19/h5,8,11,13-16,19H,1,6-7,9-10,12,28H2,2-4H3. The van der Waals surface area contributed by atoms with E-state index in [4.69, 9.17) is 25.2 Å². The van der Waals surface area contributed by atoms with Crippen molar-refractivity contribution in [2.45, 2.75) is 51.2 Å². The van der Waals surface area contributed by atoms with Gasteiger partial charge in [0.05, 0.1) is 36.7 Å². The van der Waals surface area contributed by atoms with E-state index in [1.165, 1.54) is 7.11 Å². The van der Waals surface area contributed by atoms with Gasteiger partial charge < -0.3 is 24.3 Å². The first kappa shape index (κ1) is 23.1. The predicted octanol–water partition coefficient (Wildman–Crippen LogP) is 5.17. The zero-order chi connectivity index (χ0) is 24.7. The molecule has 1 atom stereocenters. The van der Waals surface area contributed by atoms with Crippen molar-refractivity contribution in [3.05, 3.63) is 54.2 Å². The largest absolute Gasteiger partial charge is 0.494 e. The number of benzene rings is 1. The van der Waals surface area contributed by atoms with E-state index >= 15 is 0 Å². The van der Waals surface area contributed by atoms with Gasteiger partial charge in [-0.15, -0.1) is 6.58 Å². The summed E-state index contributed by atoms with van der Waals surface area (Å²) in [5, 5.41) is 1.04. The average Bonchev–Trinajstić information content (AvgIpc) is 3.54. The van der Waals surface area contributed by atoms with Crippen LogP contribution in [0.3, 0.4) is 0 Å². The number of imidazole rings is 1. The highest BCUT2D eigenvalue weighted by Crippen LogP contribution is 2.44. The summed E-state index contributed by atoms with van der Waals surface area (Å²) in [6.45, 7) is 6.59. The third-order valence-electron chi connectivity index (χ3n) is 6.55. The Balaban J connectivity index is 1.77. The number of allylic oxidation sites excluding steroid dienone is 1. The minimum Gasteiger partial charge on any atom is -0.494 e. The molecule has 35 heavy (non-hydrogen) atoms. The van der Waals surface area contributed by atoms with Crippen LogP contribution >= 0.6 is 0 Å². The van der Waals surface area contributed by atoms with E-state index in [9.17, 15) is 4.79 Å². The topological polar surface area (TPSA) is 97.2 Å². The normalized spacial score (nSPS) is 14.4. The smallest absolute Gasteiger partial charge is 0.338 e. The Morgan fingerprint density at radius 2 is 2.06 bits per heavy atom. The molecule has 1 aliphatic rings. The van der Waals surface area contributed by atoms with Crippen LogP contribution in [0.5, 0.6) is 5.75 Å². The Hall–Kier alpha value is -3.65. The Morgan fingerprint density at radius 3 is 2.71 bits per heavy atom. The molecule has 1 aliphatic carbocycles. The van der Waals surface area contributed by atoms with Gasteiger partial charge in [-0.25, -0.2) is 14.8 Å². The van der Waals surface area contributed by atoms with E-state index < -0.39 is 5.97 Å². The van der Waals surface area contributed by atoms with Crippen LogP contribution < -0.4 is 10.5 Å². The molecular weight excluding hydrogens is 442 g/mol. The lowest BCUT2D eigenvalue weighted by atomic mass is 10.2. The van der Waals surface area contributed by atoms with E-state index in [1.807, 2.05) is 19.1 Å². The molecule has 1 fully saturated rings. The van der Waals surface area contributed by atoms with E-state index in [0.717, 1.165) is 66.0 Å². The van der Waals surface area contributed by atoms with Gasteiger partial charge in [-0.1, -0.05) is 6.08 Å². The van der Waals surface area contributed by atoms with Crippen molar-refractivity contribution < 1.29 is 14.3 Å². The monoisotopic (exact) mass is 473 g/mol. The summed E-state index contributed by atoms with van der Waals surface area (Å²) < 4.78 is 15.2. The first-order valence-electron chi connectivity index (χ1n) is 12.0. The number of aryl methyl sites for hydroxylation is 1. The molecule has 5 rings (SSSR count). The maximum Gasteiger partial charge on any atom is 0.338 e. The van der Waals surface area contributed by atoms with Crippen molar-refractivity contribution in [3.63, 3.8) is 0 Å². The molecule has 0 spiro atoms. The van der Waals surface area contributed by atoms with Crippen LogP contribution in [0.15, 0.2) is 43.0 Å². The summed E-state index contributed by atoms with van der Waals surface area (Å²) >= 11 is 0. The van der Waals surface area contributed by atoms with Gasteiger partial charge in [0.25, 0.3) is 0 Å². The number of nitrogens with zero attached hydrogens (tertiary/aromatic N) is 4. The number of rotatable bonds is 9. The summed E-state index contributed by atoms with van der Waals surface area (Å²) in [5.74, 6) is 1.04. The van der Waals surface area contributed by atoms with Gasteiger partial charge in [-0.2, -0.15) is 0 Å². The van der Waals surface area contributed by atoms with Gasteiger partial charge in [0.1, 0.15) is 16.9 Å². The van der Waals surface area contributed by atoms with Crippen LogP contribution in [0.25, 0.3) is 33.6 Å². The van der Waals surface area contributed by atoms with Gasteiger partial charge in [-0.3, -0.25) is 0 Å². The molecule has 3 aromatic heterocycles. The van der Waals surface area contributed by atoms with E-state index in [1.54, 1.807) is 19.2 Å². The molecule has 8 nitrogen and oxygen atoms in total. The number of carbonyl (C=O) groups is 1. The Bertz CT molecular complexity index is 1430. The lowest BCUT2D eigenvalue weighted by Gasteiger charge is -2.14. The van der Waals surface area contributed by atoms with Crippen molar-refractivity contribution in [1.29, 1.82) is 0 Å². The second kappa shape index (κ2) is 9.19. The van der Waals surface area contributed by atoms with Gasteiger partial charge in [0.2, 0.25) is 0 Å². The summed E-state index contributed by atoms with van der Waals surface area (Å²) in [6.07, 6.45) is 5.92. The van der Waals surface area contributed by atoms with Crippen LogP contribution in [-0.2, 0) is 11.3 Å². The highest BCUT2D eigenvalue weighted by Gasteiger charge is 2.32. The van der Waals surface area contributed by atoms with E-state index in [-0.39, 0.29) is 6.04 Å². The lowest BCUT2D eigenvalue weighted by Crippen LogP contribution is -2.09. The fourth-order valence-corrected chi connectivity index (χ4v) is 4.66. The molecule has 2 N–H and O–H groups in total. The highest BCUT2D eigenvalue weighted by molar-refractivity contribution is 5.97. The third kappa shape index (κ3) is 4.08. The average molecular weight is 474 g/mol.